The number of unbranched alkanes of at least 4 members (excludes halogenated alkanes) is 1. The molecular weight excluding hydrogens is 200 g/mol. The van der Waals surface area contributed by atoms with Crippen molar-refractivity contribution in [1.29, 1.82) is 5.26 Å². The monoisotopic (exact) mass is 212 g/mol. The van der Waals surface area contributed by atoms with Gasteiger partial charge in [0.05, 0.1) is 6.07 Å². The average molecular weight is 212 g/mol. The molecule has 0 radical (unpaired) electrons. The summed E-state index contributed by atoms with van der Waals surface area (Å²) >= 11 is 0. The topological polar surface area (TPSA) is 56.6 Å². The number of para-hydroxylation sites is 1. The van der Waals surface area contributed by atoms with Crippen molar-refractivity contribution in [2.45, 2.75) is 19.3 Å². The molecule has 1 heterocycles. The van der Waals surface area contributed by atoms with Crippen LogP contribution in [0.4, 0.5) is 0 Å². The van der Waals surface area contributed by atoms with Gasteiger partial charge in [-0.1, -0.05) is 18.2 Å². The van der Waals surface area contributed by atoms with Crippen LogP contribution in [0.25, 0.3) is 10.9 Å². The highest BCUT2D eigenvalue weighted by Crippen LogP contribution is 2.16. The number of rotatable bonds is 3. The van der Waals surface area contributed by atoms with E-state index in [1.54, 1.807) is 6.07 Å². The quantitative estimate of drug-likeness (QED) is 0.794. The van der Waals surface area contributed by atoms with Crippen molar-refractivity contribution in [3.05, 3.63) is 46.2 Å². The molecule has 3 heteroatoms. The van der Waals surface area contributed by atoms with Crippen LogP contribution in [-0.4, -0.2) is 4.98 Å². The number of aryl methyl sites for hydroxylation is 1. The number of hydrogen-bond acceptors (Lipinski definition) is 2. The Morgan fingerprint density at radius 1 is 1.31 bits per heavy atom. The Morgan fingerprint density at radius 3 is 2.94 bits per heavy atom. The zero-order valence-electron chi connectivity index (χ0n) is 8.86. The third-order valence-electron chi connectivity index (χ3n) is 2.57. The highest BCUT2D eigenvalue weighted by Gasteiger charge is 2.02. The first-order valence-electron chi connectivity index (χ1n) is 5.29. The Balaban J connectivity index is 2.43. The van der Waals surface area contributed by atoms with Gasteiger partial charge >= 0.3 is 0 Å². The Hall–Kier alpha value is -2.08. The van der Waals surface area contributed by atoms with Crippen molar-refractivity contribution in [3.8, 4) is 6.07 Å². The van der Waals surface area contributed by atoms with Crippen molar-refractivity contribution < 1.29 is 0 Å². The minimum atomic E-state index is -0.0781. The molecule has 16 heavy (non-hydrogen) atoms. The normalized spacial score (nSPS) is 10.2. The van der Waals surface area contributed by atoms with Gasteiger partial charge in [0.2, 0.25) is 5.56 Å². The summed E-state index contributed by atoms with van der Waals surface area (Å²) < 4.78 is 0. The molecule has 2 aromatic rings. The first-order valence-corrected chi connectivity index (χ1v) is 5.29. The molecule has 1 N–H and O–H groups in total. The van der Waals surface area contributed by atoms with Crippen LogP contribution in [0.2, 0.25) is 0 Å². The molecule has 0 aliphatic carbocycles. The molecule has 0 unspecified atom stereocenters. The van der Waals surface area contributed by atoms with Crippen molar-refractivity contribution in [2.75, 3.05) is 0 Å². The third-order valence-corrected chi connectivity index (χ3v) is 2.57. The van der Waals surface area contributed by atoms with Crippen LogP contribution in [0.3, 0.4) is 0 Å². The lowest BCUT2D eigenvalue weighted by molar-refractivity contribution is 0.853. The number of benzene rings is 1. The molecule has 0 aliphatic rings. The number of nitrogens with zero attached hydrogens (tertiary/aromatic N) is 1. The molecule has 2 rings (SSSR count). The minimum absolute atomic E-state index is 0.0781. The molecule has 0 fully saturated rings. The van der Waals surface area contributed by atoms with E-state index in [0.29, 0.717) is 6.42 Å². The molecule has 0 saturated heterocycles. The minimum Gasteiger partial charge on any atom is -0.322 e. The van der Waals surface area contributed by atoms with E-state index in [1.807, 2.05) is 24.3 Å². The second kappa shape index (κ2) is 4.63. The molecule has 0 amide bonds. The van der Waals surface area contributed by atoms with Gasteiger partial charge in [-0.25, -0.2) is 0 Å². The van der Waals surface area contributed by atoms with E-state index in [1.165, 1.54) is 0 Å². The number of nitriles is 1. The lowest BCUT2D eigenvalue weighted by Crippen LogP contribution is -2.06. The maximum Gasteiger partial charge on any atom is 0.248 e. The summed E-state index contributed by atoms with van der Waals surface area (Å²) in [6.07, 6.45) is 2.10. The summed E-state index contributed by atoms with van der Waals surface area (Å²) in [7, 11) is 0. The Morgan fingerprint density at radius 2 is 2.12 bits per heavy atom. The molecule has 80 valence electrons. The van der Waals surface area contributed by atoms with Crippen LogP contribution >= 0.6 is 0 Å². The van der Waals surface area contributed by atoms with E-state index in [-0.39, 0.29) is 5.56 Å². The first-order chi connectivity index (χ1) is 7.81. The van der Waals surface area contributed by atoms with E-state index in [9.17, 15) is 4.79 Å². The number of aromatic nitrogens is 1. The van der Waals surface area contributed by atoms with E-state index in [0.717, 1.165) is 29.3 Å². The molecule has 1 aromatic carbocycles. The molecule has 0 spiro atoms. The number of H-pyrrole nitrogens is 1. The fraction of sp³-hybridized carbons (Fsp3) is 0.231. The molecule has 1 aromatic heterocycles. The summed E-state index contributed by atoms with van der Waals surface area (Å²) in [4.78, 5) is 14.2. The van der Waals surface area contributed by atoms with Gasteiger partial charge in [-0.05, 0) is 24.5 Å². The predicted octanol–water partition coefficient (Wildman–Crippen LogP) is 2.37. The summed E-state index contributed by atoms with van der Waals surface area (Å²) in [5.41, 5.74) is 1.81. The first kappa shape index (κ1) is 10.4. The van der Waals surface area contributed by atoms with Gasteiger partial charge in [-0.2, -0.15) is 5.26 Å². The van der Waals surface area contributed by atoms with E-state index >= 15 is 0 Å². The molecule has 3 nitrogen and oxygen atoms in total. The number of aromatic amines is 1. The van der Waals surface area contributed by atoms with Crippen LogP contribution in [0.5, 0.6) is 0 Å². The fourth-order valence-electron chi connectivity index (χ4n) is 1.84. The van der Waals surface area contributed by atoms with Gasteiger partial charge < -0.3 is 4.98 Å². The van der Waals surface area contributed by atoms with Crippen LogP contribution in [0, 0.1) is 11.3 Å². The highest BCUT2D eigenvalue weighted by molar-refractivity contribution is 5.81. The van der Waals surface area contributed by atoms with Crippen molar-refractivity contribution in [2.24, 2.45) is 0 Å². The molecular formula is C13H12N2O. The summed E-state index contributed by atoms with van der Waals surface area (Å²) in [5.74, 6) is 0. The van der Waals surface area contributed by atoms with Gasteiger partial charge in [-0.15, -0.1) is 0 Å². The average Bonchev–Trinajstić information content (AvgIpc) is 2.29. The van der Waals surface area contributed by atoms with Gasteiger partial charge in [0.15, 0.2) is 0 Å². The maximum atomic E-state index is 11.4. The van der Waals surface area contributed by atoms with Crippen molar-refractivity contribution >= 4 is 10.9 Å². The van der Waals surface area contributed by atoms with Crippen LogP contribution in [-0.2, 0) is 6.42 Å². The predicted molar refractivity (Wildman–Crippen MR) is 63.1 cm³/mol. The zero-order valence-corrected chi connectivity index (χ0v) is 8.86. The summed E-state index contributed by atoms with van der Waals surface area (Å²) in [6.45, 7) is 0. The molecule has 0 aliphatic heterocycles. The van der Waals surface area contributed by atoms with E-state index < -0.39 is 0 Å². The number of hydrogen-bond donors (Lipinski definition) is 1. The largest absolute Gasteiger partial charge is 0.322 e. The van der Waals surface area contributed by atoms with Gasteiger partial charge in [0, 0.05) is 23.4 Å². The van der Waals surface area contributed by atoms with Crippen LogP contribution in [0.15, 0.2) is 35.1 Å². The smallest absolute Gasteiger partial charge is 0.248 e. The Kier molecular flexibility index (Phi) is 3.02. The second-order valence-electron chi connectivity index (χ2n) is 3.72. The van der Waals surface area contributed by atoms with Gasteiger partial charge in [-0.3, -0.25) is 4.79 Å². The number of fused-ring (bicyclic) bond motifs is 1. The molecule has 0 atom stereocenters. The fourth-order valence-corrected chi connectivity index (χ4v) is 1.84. The lowest BCUT2D eigenvalue weighted by Gasteiger charge is -2.04. The van der Waals surface area contributed by atoms with Crippen molar-refractivity contribution in [3.63, 3.8) is 0 Å². The summed E-state index contributed by atoms with van der Waals surface area (Å²) in [5, 5.41) is 9.56. The SMILES string of the molecule is N#CCCCc1cc(=O)[nH]c2ccccc12. The maximum absolute atomic E-state index is 11.4. The molecule has 0 saturated carbocycles. The van der Waals surface area contributed by atoms with Crippen LogP contribution < -0.4 is 5.56 Å². The lowest BCUT2D eigenvalue weighted by atomic mass is 10.0. The second-order valence-corrected chi connectivity index (χ2v) is 3.72. The van der Waals surface area contributed by atoms with Crippen LogP contribution in [0.1, 0.15) is 18.4 Å². The summed E-state index contributed by atoms with van der Waals surface area (Å²) in [6, 6.07) is 11.5. The highest BCUT2D eigenvalue weighted by atomic mass is 16.1. The number of nitrogens with one attached hydrogen (secondary N) is 1. The zero-order chi connectivity index (χ0) is 11.4. The van der Waals surface area contributed by atoms with Gasteiger partial charge in [0.1, 0.15) is 0 Å². The van der Waals surface area contributed by atoms with E-state index in [4.69, 9.17) is 5.26 Å². The number of pyridine rings is 1. The third kappa shape index (κ3) is 2.12. The molecule has 0 bridgehead atoms. The Bertz CT molecular complexity index is 593. The van der Waals surface area contributed by atoms with E-state index in [2.05, 4.69) is 11.1 Å². The standard InChI is InChI=1S/C13H12N2O/c14-8-4-3-5-10-9-13(16)15-12-7-2-1-6-11(10)12/h1-2,6-7,9H,3-5H2,(H,15,16). The Labute approximate surface area is 93.3 Å². The van der Waals surface area contributed by atoms with Gasteiger partial charge in [0.25, 0.3) is 0 Å². The van der Waals surface area contributed by atoms with Crippen molar-refractivity contribution in [1.82, 2.24) is 4.98 Å².